The first-order valence-electron chi connectivity index (χ1n) is 6.05. The summed E-state index contributed by atoms with van der Waals surface area (Å²) in [6.45, 7) is 0.989. The van der Waals surface area contributed by atoms with E-state index in [1.807, 2.05) is 0 Å². The molecule has 1 aliphatic rings. The Morgan fingerprint density at radius 2 is 2.26 bits per heavy atom. The van der Waals surface area contributed by atoms with Gasteiger partial charge in [0.1, 0.15) is 0 Å². The number of esters is 1. The molecule has 1 heterocycles. The van der Waals surface area contributed by atoms with Crippen LogP contribution in [0, 0.1) is 5.92 Å². The number of carbonyl (C=O) groups is 2. The highest BCUT2D eigenvalue weighted by Crippen LogP contribution is 2.31. The molecule has 0 aromatic heterocycles. The Hall–Kier alpha value is -2.08. The Labute approximate surface area is 111 Å². The van der Waals surface area contributed by atoms with Crippen LogP contribution in [0.4, 0.5) is 11.4 Å². The molecule has 6 heteroatoms. The fraction of sp³-hybridized carbons (Fsp3) is 0.385. The monoisotopic (exact) mass is 263 g/mol. The quantitative estimate of drug-likeness (QED) is 0.606. The van der Waals surface area contributed by atoms with Crippen LogP contribution in [0.5, 0.6) is 0 Å². The van der Waals surface area contributed by atoms with Crippen molar-refractivity contribution in [3.05, 3.63) is 23.8 Å². The summed E-state index contributed by atoms with van der Waals surface area (Å²) in [5.41, 5.74) is 12.6. The van der Waals surface area contributed by atoms with Crippen LogP contribution in [-0.4, -0.2) is 32.1 Å². The van der Waals surface area contributed by atoms with Crippen molar-refractivity contribution in [1.29, 1.82) is 0 Å². The molecular formula is C13H17N3O3. The standard InChI is InChI=1S/C13H17N3O3/c1-19-13(18)9-3-2-4-10(12(9)15)16-7-8(6-14)5-11(16)17/h2-4,8H,5-7,14-15H2,1H3. The third-order valence-corrected chi connectivity index (χ3v) is 3.32. The maximum atomic E-state index is 11.9. The fourth-order valence-electron chi connectivity index (χ4n) is 2.25. The van der Waals surface area contributed by atoms with Gasteiger partial charge in [-0.2, -0.15) is 0 Å². The molecule has 102 valence electrons. The summed E-state index contributed by atoms with van der Waals surface area (Å²) in [6.07, 6.45) is 0.415. The van der Waals surface area contributed by atoms with Crippen LogP contribution in [0.25, 0.3) is 0 Å². The van der Waals surface area contributed by atoms with E-state index in [0.717, 1.165) is 0 Å². The van der Waals surface area contributed by atoms with E-state index in [1.165, 1.54) is 7.11 Å². The number of hydrogen-bond donors (Lipinski definition) is 2. The molecule has 19 heavy (non-hydrogen) atoms. The summed E-state index contributed by atoms with van der Waals surface area (Å²) in [5, 5.41) is 0. The van der Waals surface area contributed by atoms with Crippen LogP contribution in [0.2, 0.25) is 0 Å². The van der Waals surface area contributed by atoms with Gasteiger partial charge in [0.05, 0.1) is 24.0 Å². The molecule has 1 aromatic rings. The third-order valence-electron chi connectivity index (χ3n) is 3.32. The highest BCUT2D eigenvalue weighted by Gasteiger charge is 2.31. The second-order valence-corrected chi connectivity index (χ2v) is 4.54. The topological polar surface area (TPSA) is 98.6 Å². The van der Waals surface area contributed by atoms with Gasteiger partial charge in [-0.15, -0.1) is 0 Å². The summed E-state index contributed by atoms with van der Waals surface area (Å²) in [4.78, 5) is 25.1. The number of hydrogen-bond acceptors (Lipinski definition) is 5. The van der Waals surface area contributed by atoms with Crippen molar-refractivity contribution in [2.24, 2.45) is 11.7 Å². The first-order chi connectivity index (χ1) is 9.08. The van der Waals surface area contributed by atoms with Crippen molar-refractivity contribution < 1.29 is 14.3 Å². The highest BCUT2D eigenvalue weighted by molar-refractivity contribution is 6.04. The summed E-state index contributed by atoms with van der Waals surface area (Å²) in [6, 6.07) is 4.98. The summed E-state index contributed by atoms with van der Waals surface area (Å²) in [5.74, 6) is -0.404. The maximum absolute atomic E-state index is 11.9. The van der Waals surface area contributed by atoms with Crippen molar-refractivity contribution in [2.45, 2.75) is 6.42 Å². The number of carbonyl (C=O) groups excluding carboxylic acids is 2. The van der Waals surface area contributed by atoms with Gasteiger partial charge >= 0.3 is 5.97 Å². The van der Waals surface area contributed by atoms with Crippen molar-refractivity contribution in [2.75, 3.05) is 30.8 Å². The maximum Gasteiger partial charge on any atom is 0.340 e. The van der Waals surface area contributed by atoms with Crippen molar-refractivity contribution >= 4 is 23.3 Å². The van der Waals surface area contributed by atoms with E-state index in [2.05, 4.69) is 4.74 Å². The second kappa shape index (κ2) is 5.27. The lowest BCUT2D eigenvalue weighted by atomic mass is 10.1. The first-order valence-corrected chi connectivity index (χ1v) is 6.05. The van der Waals surface area contributed by atoms with E-state index < -0.39 is 5.97 Å². The van der Waals surface area contributed by atoms with Gasteiger partial charge in [0.15, 0.2) is 0 Å². The van der Waals surface area contributed by atoms with Gasteiger partial charge in [-0.1, -0.05) is 6.07 Å². The Morgan fingerprint density at radius 3 is 2.84 bits per heavy atom. The molecule has 0 radical (unpaired) electrons. The zero-order valence-corrected chi connectivity index (χ0v) is 10.8. The fourth-order valence-corrected chi connectivity index (χ4v) is 2.25. The molecule has 0 saturated carbocycles. The molecule has 0 bridgehead atoms. The second-order valence-electron chi connectivity index (χ2n) is 4.54. The van der Waals surface area contributed by atoms with Crippen LogP contribution in [0.1, 0.15) is 16.8 Å². The summed E-state index contributed by atoms with van der Waals surface area (Å²) < 4.78 is 4.66. The number of benzene rings is 1. The number of nitrogens with zero attached hydrogens (tertiary/aromatic N) is 1. The predicted octanol–water partition coefficient (Wildman–Crippen LogP) is 0.367. The lowest BCUT2D eigenvalue weighted by Crippen LogP contribution is -2.27. The Kier molecular flexibility index (Phi) is 3.71. The van der Waals surface area contributed by atoms with E-state index in [0.29, 0.717) is 25.2 Å². The largest absolute Gasteiger partial charge is 0.465 e. The zero-order chi connectivity index (χ0) is 14.0. The first kappa shape index (κ1) is 13.4. The van der Waals surface area contributed by atoms with Crippen LogP contribution in [0.3, 0.4) is 0 Å². The molecule has 0 aliphatic carbocycles. The van der Waals surface area contributed by atoms with Gasteiger partial charge in [0.25, 0.3) is 0 Å². The molecule has 1 aliphatic heterocycles. The summed E-state index contributed by atoms with van der Waals surface area (Å²) in [7, 11) is 1.29. The number of para-hydroxylation sites is 1. The minimum Gasteiger partial charge on any atom is -0.465 e. The Balaban J connectivity index is 2.36. The van der Waals surface area contributed by atoms with Crippen molar-refractivity contribution in [1.82, 2.24) is 0 Å². The zero-order valence-electron chi connectivity index (χ0n) is 10.8. The van der Waals surface area contributed by atoms with E-state index in [9.17, 15) is 9.59 Å². The van der Waals surface area contributed by atoms with E-state index in [4.69, 9.17) is 11.5 Å². The van der Waals surface area contributed by atoms with Crippen LogP contribution >= 0.6 is 0 Å². The molecule has 4 N–H and O–H groups in total. The number of nitrogens with two attached hydrogens (primary N) is 2. The number of ether oxygens (including phenoxy) is 1. The average Bonchev–Trinajstić information content (AvgIpc) is 2.79. The SMILES string of the molecule is COC(=O)c1cccc(N2CC(CN)CC2=O)c1N. The van der Waals surface area contributed by atoms with Gasteiger partial charge in [0, 0.05) is 13.0 Å². The molecule has 2 rings (SSSR count). The van der Waals surface area contributed by atoms with Crippen LogP contribution in [0.15, 0.2) is 18.2 Å². The summed E-state index contributed by atoms with van der Waals surface area (Å²) >= 11 is 0. The molecule has 1 atom stereocenters. The normalized spacial score (nSPS) is 18.7. The van der Waals surface area contributed by atoms with Crippen LogP contribution < -0.4 is 16.4 Å². The van der Waals surface area contributed by atoms with Gasteiger partial charge in [0.2, 0.25) is 5.91 Å². The van der Waals surface area contributed by atoms with Gasteiger partial charge in [-0.3, -0.25) is 4.79 Å². The molecule has 1 unspecified atom stereocenters. The van der Waals surface area contributed by atoms with Gasteiger partial charge < -0.3 is 21.1 Å². The molecular weight excluding hydrogens is 246 g/mol. The Bertz CT molecular complexity index is 516. The van der Waals surface area contributed by atoms with Crippen molar-refractivity contribution in [3.63, 3.8) is 0 Å². The number of amides is 1. The van der Waals surface area contributed by atoms with Crippen molar-refractivity contribution in [3.8, 4) is 0 Å². The van der Waals surface area contributed by atoms with E-state index in [-0.39, 0.29) is 23.1 Å². The average molecular weight is 263 g/mol. The highest BCUT2D eigenvalue weighted by atomic mass is 16.5. The van der Waals surface area contributed by atoms with E-state index >= 15 is 0 Å². The molecule has 1 amide bonds. The molecule has 0 spiro atoms. The number of nitrogen functional groups attached to an aromatic ring is 1. The molecule has 1 aromatic carbocycles. The molecule has 1 fully saturated rings. The number of rotatable bonds is 3. The van der Waals surface area contributed by atoms with Gasteiger partial charge in [-0.05, 0) is 24.6 Å². The molecule has 6 nitrogen and oxygen atoms in total. The number of methoxy groups -OCH3 is 1. The predicted molar refractivity (Wildman–Crippen MR) is 71.7 cm³/mol. The lowest BCUT2D eigenvalue weighted by Gasteiger charge is -2.19. The third kappa shape index (κ3) is 2.39. The minimum absolute atomic E-state index is 0.0239. The number of anilines is 2. The Morgan fingerprint density at radius 1 is 1.53 bits per heavy atom. The smallest absolute Gasteiger partial charge is 0.340 e. The van der Waals surface area contributed by atoms with Crippen LogP contribution in [-0.2, 0) is 9.53 Å². The molecule has 1 saturated heterocycles. The lowest BCUT2D eigenvalue weighted by molar-refractivity contribution is -0.117. The van der Waals surface area contributed by atoms with Gasteiger partial charge in [-0.25, -0.2) is 4.79 Å². The minimum atomic E-state index is -0.513. The van der Waals surface area contributed by atoms with E-state index in [1.54, 1.807) is 23.1 Å².